The number of fused-ring (bicyclic) bond motifs is 1. The van der Waals surface area contributed by atoms with E-state index >= 15 is 0 Å². The maximum Gasteiger partial charge on any atom is 0.416 e. The first-order valence-electron chi connectivity index (χ1n) is 6.98. The van der Waals surface area contributed by atoms with Gasteiger partial charge in [0, 0.05) is 16.6 Å². The number of hydrogen-bond donors (Lipinski definition) is 1. The van der Waals surface area contributed by atoms with Gasteiger partial charge < -0.3 is 5.11 Å². The van der Waals surface area contributed by atoms with Gasteiger partial charge >= 0.3 is 12.1 Å². The van der Waals surface area contributed by atoms with Crippen LogP contribution in [0.2, 0.25) is 5.02 Å². The minimum Gasteiger partial charge on any atom is -0.478 e. The molecule has 0 atom stereocenters. The van der Waals surface area contributed by atoms with Crippen molar-refractivity contribution in [3.63, 3.8) is 0 Å². The third-order valence-corrected chi connectivity index (χ3v) is 5.62. The smallest absolute Gasteiger partial charge is 0.416 e. The van der Waals surface area contributed by atoms with Gasteiger partial charge in [-0.3, -0.25) is 0 Å². The standard InChI is InChI=1S/C16H9ClF3NO4S/c17-10-3-6-14-12(7-10)13(15(22)23)8-21(14)26(24,25)11-4-1-9(2-5-11)16(18,19)20/h1-8H,(H,22,23). The minimum atomic E-state index is -4.60. The zero-order valence-corrected chi connectivity index (χ0v) is 14.2. The van der Waals surface area contributed by atoms with Crippen LogP contribution in [-0.4, -0.2) is 23.5 Å². The van der Waals surface area contributed by atoms with E-state index in [-0.39, 0.29) is 21.5 Å². The monoisotopic (exact) mass is 403 g/mol. The van der Waals surface area contributed by atoms with E-state index in [0.29, 0.717) is 16.1 Å². The van der Waals surface area contributed by atoms with Crippen molar-refractivity contribution in [2.24, 2.45) is 0 Å². The quantitative estimate of drug-likeness (QED) is 0.709. The highest BCUT2D eigenvalue weighted by Crippen LogP contribution is 2.32. The number of halogens is 4. The molecule has 0 aliphatic heterocycles. The second-order valence-corrected chi connectivity index (χ2v) is 7.58. The number of hydrogen-bond acceptors (Lipinski definition) is 3. The van der Waals surface area contributed by atoms with Crippen LogP contribution in [0.3, 0.4) is 0 Å². The Balaban J connectivity index is 2.20. The maximum absolute atomic E-state index is 12.8. The predicted molar refractivity (Wildman–Crippen MR) is 87.9 cm³/mol. The molecule has 0 amide bonds. The molecule has 0 spiro atoms. The number of carboxylic acid groups (broad SMARTS) is 1. The van der Waals surface area contributed by atoms with Crippen LogP contribution in [0.25, 0.3) is 10.9 Å². The number of alkyl halides is 3. The number of carboxylic acids is 1. The second kappa shape index (κ2) is 6.03. The van der Waals surface area contributed by atoms with Crippen LogP contribution >= 0.6 is 11.6 Å². The SMILES string of the molecule is O=C(O)c1cn(S(=O)(=O)c2ccc(C(F)(F)F)cc2)c2ccc(Cl)cc12. The van der Waals surface area contributed by atoms with Gasteiger partial charge in [0.05, 0.1) is 21.5 Å². The summed E-state index contributed by atoms with van der Waals surface area (Å²) < 4.78 is 64.2. The van der Waals surface area contributed by atoms with E-state index in [1.54, 1.807) is 0 Å². The lowest BCUT2D eigenvalue weighted by atomic mass is 10.2. The third kappa shape index (κ3) is 3.04. The Labute approximate surface area is 150 Å². The predicted octanol–water partition coefficient (Wildman–Crippen LogP) is 4.25. The van der Waals surface area contributed by atoms with Crippen molar-refractivity contribution >= 4 is 38.5 Å². The van der Waals surface area contributed by atoms with E-state index in [1.807, 2.05) is 0 Å². The first-order valence-corrected chi connectivity index (χ1v) is 8.80. The van der Waals surface area contributed by atoms with Crippen LogP contribution in [0.4, 0.5) is 13.2 Å². The summed E-state index contributed by atoms with van der Waals surface area (Å²) in [5, 5.41) is 9.58. The largest absolute Gasteiger partial charge is 0.478 e. The molecule has 3 rings (SSSR count). The van der Waals surface area contributed by atoms with Crippen LogP contribution < -0.4 is 0 Å². The highest BCUT2D eigenvalue weighted by Gasteiger charge is 2.31. The lowest BCUT2D eigenvalue weighted by Gasteiger charge is -2.10. The Bertz CT molecular complexity index is 1120. The summed E-state index contributed by atoms with van der Waals surface area (Å²) in [5.74, 6) is -1.36. The van der Waals surface area contributed by atoms with E-state index in [1.165, 1.54) is 18.2 Å². The van der Waals surface area contributed by atoms with E-state index in [9.17, 15) is 31.5 Å². The molecule has 1 heterocycles. The number of aromatic nitrogens is 1. The van der Waals surface area contributed by atoms with Crippen molar-refractivity contribution in [1.29, 1.82) is 0 Å². The van der Waals surface area contributed by atoms with Gasteiger partial charge in [-0.2, -0.15) is 13.2 Å². The van der Waals surface area contributed by atoms with Gasteiger partial charge in [0.25, 0.3) is 10.0 Å². The fraction of sp³-hybridized carbons (Fsp3) is 0.0625. The molecule has 10 heteroatoms. The van der Waals surface area contributed by atoms with Crippen LogP contribution in [0, 0.1) is 0 Å². The highest BCUT2D eigenvalue weighted by molar-refractivity contribution is 7.90. The molecule has 1 aromatic heterocycles. The van der Waals surface area contributed by atoms with Crippen molar-refractivity contribution < 1.29 is 31.5 Å². The Morgan fingerprint density at radius 2 is 1.69 bits per heavy atom. The molecule has 0 aliphatic carbocycles. The van der Waals surface area contributed by atoms with Crippen LogP contribution in [0.1, 0.15) is 15.9 Å². The zero-order valence-electron chi connectivity index (χ0n) is 12.7. The summed E-state index contributed by atoms with van der Waals surface area (Å²) in [4.78, 5) is 11.0. The van der Waals surface area contributed by atoms with Crippen molar-refractivity contribution in [1.82, 2.24) is 3.97 Å². The van der Waals surface area contributed by atoms with Gasteiger partial charge in [0.2, 0.25) is 0 Å². The molecule has 0 saturated heterocycles. The number of aromatic carboxylic acids is 1. The first kappa shape index (κ1) is 18.3. The number of nitrogens with zero attached hydrogens (tertiary/aromatic N) is 1. The summed E-state index contributed by atoms with van der Waals surface area (Å²) >= 11 is 5.84. The molecule has 1 N–H and O–H groups in total. The Morgan fingerprint density at radius 3 is 2.23 bits per heavy atom. The van der Waals surface area contributed by atoms with E-state index in [4.69, 9.17) is 11.6 Å². The van der Waals surface area contributed by atoms with Crippen molar-refractivity contribution in [2.75, 3.05) is 0 Å². The van der Waals surface area contributed by atoms with Gasteiger partial charge in [-0.05, 0) is 42.5 Å². The van der Waals surface area contributed by atoms with E-state index in [0.717, 1.165) is 18.3 Å². The maximum atomic E-state index is 12.8. The highest BCUT2D eigenvalue weighted by atomic mass is 35.5. The van der Waals surface area contributed by atoms with Gasteiger partial charge in [-0.25, -0.2) is 17.2 Å². The first-order chi connectivity index (χ1) is 12.0. The molecule has 0 saturated carbocycles. The number of benzene rings is 2. The van der Waals surface area contributed by atoms with Crippen LogP contribution in [0.5, 0.6) is 0 Å². The molecule has 0 unspecified atom stereocenters. The van der Waals surface area contributed by atoms with E-state index in [2.05, 4.69) is 0 Å². The summed E-state index contributed by atoms with van der Waals surface area (Å²) in [7, 11) is -4.31. The number of carbonyl (C=O) groups is 1. The molecular formula is C16H9ClF3NO4S. The molecule has 0 fully saturated rings. The Kier molecular flexibility index (Phi) is 4.24. The molecule has 136 valence electrons. The second-order valence-electron chi connectivity index (χ2n) is 5.33. The van der Waals surface area contributed by atoms with Crippen LogP contribution in [-0.2, 0) is 16.2 Å². The summed E-state index contributed by atoms with van der Waals surface area (Å²) in [6.07, 6.45) is -3.70. The van der Waals surface area contributed by atoms with Gasteiger partial charge in [0.15, 0.2) is 0 Å². The molecular weight excluding hydrogens is 395 g/mol. The summed E-state index contributed by atoms with van der Waals surface area (Å²) in [6, 6.07) is 6.95. The average Bonchev–Trinajstić information content (AvgIpc) is 2.93. The molecule has 2 aromatic carbocycles. The fourth-order valence-corrected chi connectivity index (χ4v) is 4.01. The molecule has 0 aliphatic rings. The zero-order chi connectivity index (χ0) is 19.3. The number of rotatable bonds is 3. The fourth-order valence-electron chi connectivity index (χ4n) is 2.47. The lowest BCUT2D eigenvalue weighted by Crippen LogP contribution is -2.13. The summed E-state index contributed by atoms with van der Waals surface area (Å²) in [5.41, 5.74) is -1.24. The van der Waals surface area contributed by atoms with E-state index < -0.39 is 32.6 Å². The lowest BCUT2D eigenvalue weighted by molar-refractivity contribution is -0.137. The van der Waals surface area contributed by atoms with Crippen molar-refractivity contribution in [3.05, 3.63) is 64.8 Å². The van der Waals surface area contributed by atoms with Gasteiger partial charge in [0.1, 0.15) is 0 Å². The Hall–Kier alpha value is -2.52. The third-order valence-electron chi connectivity index (χ3n) is 3.70. The molecule has 26 heavy (non-hydrogen) atoms. The average molecular weight is 404 g/mol. The van der Waals surface area contributed by atoms with Crippen molar-refractivity contribution in [3.8, 4) is 0 Å². The molecule has 0 radical (unpaired) electrons. The van der Waals surface area contributed by atoms with Crippen LogP contribution in [0.15, 0.2) is 53.6 Å². The Morgan fingerprint density at radius 1 is 1.08 bits per heavy atom. The van der Waals surface area contributed by atoms with Gasteiger partial charge in [-0.1, -0.05) is 11.6 Å². The van der Waals surface area contributed by atoms with Gasteiger partial charge in [-0.15, -0.1) is 0 Å². The topological polar surface area (TPSA) is 76.4 Å². The summed E-state index contributed by atoms with van der Waals surface area (Å²) in [6.45, 7) is 0. The molecule has 3 aromatic rings. The normalized spacial score (nSPS) is 12.5. The van der Waals surface area contributed by atoms with Crippen molar-refractivity contribution in [2.45, 2.75) is 11.1 Å². The molecule has 5 nitrogen and oxygen atoms in total. The minimum absolute atomic E-state index is 0.0479. The molecule has 0 bridgehead atoms.